The molecule has 2 N–H and O–H groups in total. The molecule has 0 aromatic rings. The molecule has 0 radical (unpaired) electrons. The Labute approximate surface area is 98.1 Å². The Bertz CT molecular complexity index is 197. The van der Waals surface area contributed by atoms with Crippen molar-refractivity contribution in [3.8, 4) is 0 Å². The third-order valence-corrected chi connectivity index (χ3v) is 3.01. The van der Waals surface area contributed by atoms with E-state index >= 15 is 0 Å². The Hall–Kier alpha value is -0.610. The molecule has 0 aromatic heterocycles. The maximum absolute atomic E-state index is 11.8. The van der Waals surface area contributed by atoms with Crippen molar-refractivity contribution >= 4 is 5.91 Å². The molecule has 1 aliphatic heterocycles. The van der Waals surface area contributed by atoms with Gasteiger partial charge in [-0.3, -0.25) is 4.79 Å². The van der Waals surface area contributed by atoms with E-state index in [1.165, 1.54) is 0 Å². The van der Waals surface area contributed by atoms with Crippen LogP contribution in [-0.4, -0.2) is 38.8 Å². The van der Waals surface area contributed by atoms with Gasteiger partial charge >= 0.3 is 0 Å². The third-order valence-electron chi connectivity index (χ3n) is 3.01. The first-order valence-corrected chi connectivity index (χ1v) is 6.25. The van der Waals surface area contributed by atoms with Gasteiger partial charge in [-0.05, 0) is 31.8 Å². The molecule has 94 valence electrons. The predicted octanol–water partition coefficient (Wildman–Crippen LogP) is 0.917. The number of amides is 1. The number of carbonyl (C=O) groups excluding carboxylic acids is 1. The number of ether oxygens (including phenoxy) is 1. The van der Waals surface area contributed by atoms with Crippen LogP contribution in [0.25, 0.3) is 0 Å². The lowest BCUT2D eigenvalue weighted by Gasteiger charge is -2.18. The molecule has 1 amide bonds. The van der Waals surface area contributed by atoms with Crippen molar-refractivity contribution in [3.63, 3.8) is 0 Å². The fourth-order valence-corrected chi connectivity index (χ4v) is 2.18. The van der Waals surface area contributed by atoms with Gasteiger partial charge in [-0.1, -0.05) is 13.3 Å². The zero-order valence-electron chi connectivity index (χ0n) is 10.4. The summed E-state index contributed by atoms with van der Waals surface area (Å²) in [4.78, 5) is 11.8. The van der Waals surface area contributed by atoms with E-state index in [0.29, 0.717) is 18.9 Å². The van der Waals surface area contributed by atoms with Gasteiger partial charge in [0.05, 0.1) is 12.6 Å². The SMILES string of the molecule is CCCC(COC)NC(=O)CC1CCNC1. The maximum atomic E-state index is 11.8. The van der Waals surface area contributed by atoms with Gasteiger partial charge in [0.2, 0.25) is 5.91 Å². The largest absolute Gasteiger partial charge is 0.383 e. The van der Waals surface area contributed by atoms with E-state index in [1.54, 1.807) is 7.11 Å². The molecule has 1 heterocycles. The fraction of sp³-hybridized carbons (Fsp3) is 0.917. The summed E-state index contributed by atoms with van der Waals surface area (Å²) >= 11 is 0. The zero-order chi connectivity index (χ0) is 11.8. The second-order valence-electron chi connectivity index (χ2n) is 4.57. The second-order valence-corrected chi connectivity index (χ2v) is 4.57. The molecule has 16 heavy (non-hydrogen) atoms. The predicted molar refractivity (Wildman–Crippen MR) is 64.3 cm³/mol. The van der Waals surface area contributed by atoms with Crippen molar-refractivity contribution in [2.45, 2.75) is 38.6 Å². The zero-order valence-corrected chi connectivity index (χ0v) is 10.4. The average molecular weight is 228 g/mol. The first kappa shape index (κ1) is 13.5. The molecule has 2 atom stereocenters. The molecule has 2 unspecified atom stereocenters. The van der Waals surface area contributed by atoms with Crippen LogP contribution in [0.1, 0.15) is 32.6 Å². The first-order valence-electron chi connectivity index (χ1n) is 6.25. The summed E-state index contributed by atoms with van der Waals surface area (Å²) in [6, 6.07) is 0.178. The summed E-state index contributed by atoms with van der Waals surface area (Å²) < 4.78 is 5.10. The summed E-state index contributed by atoms with van der Waals surface area (Å²) in [5.74, 6) is 0.689. The van der Waals surface area contributed by atoms with Crippen LogP contribution in [0.5, 0.6) is 0 Å². The van der Waals surface area contributed by atoms with Crippen molar-refractivity contribution in [1.29, 1.82) is 0 Å². The van der Waals surface area contributed by atoms with Crippen LogP contribution in [0.3, 0.4) is 0 Å². The quantitative estimate of drug-likeness (QED) is 0.681. The summed E-state index contributed by atoms with van der Waals surface area (Å²) in [5.41, 5.74) is 0. The number of carbonyl (C=O) groups is 1. The van der Waals surface area contributed by atoms with Crippen LogP contribution in [0.15, 0.2) is 0 Å². The topological polar surface area (TPSA) is 50.4 Å². The van der Waals surface area contributed by atoms with Gasteiger partial charge < -0.3 is 15.4 Å². The smallest absolute Gasteiger partial charge is 0.220 e. The van der Waals surface area contributed by atoms with Crippen LogP contribution in [0, 0.1) is 5.92 Å². The van der Waals surface area contributed by atoms with Gasteiger partial charge in [0.15, 0.2) is 0 Å². The summed E-state index contributed by atoms with van der Waals surface area (Å²) in [7, 11) is 1.68. The number of rotatable bonds is 7. The van der Waals surface area contributed by atoms with Gasteiger partial charge in [0.1, 0.15) is 0 Å². The van der Waals surface area contributed by atoms with Gasteiger partial charge in [0.25, 0.3) is 0 Å². The van der Waals surface area contributed by atoms with Gasteiger partial charge in [-0.15, -0.1) is 0 Å². The molecule has 1 aliphatic rings. The number of hydrogen-bond acceptors (Lipinski definition) is 3. The first-order chi connectivity index (χ1) is 7.76. The Kier molecular flexibility index (Phi) is 6.42. The van der Waals surface area contributed by atoms with Crippen LogP contribution in [0.4, 0.5) is 0 Å². The lowest BCUT2D eigenvalue weighted by atomic mass is 10.0. The van der Waals surface area contributed by atoms with Crippen LogP contribution in [-0.2, 0) is 9.53 Å². The normalized spacial score (nSPS) is 22.0. The molecule has 0 spiro atoms. The van der Waals surface area contributed by atoms with Crippen molar-refractivity contribution < 1.29 is 9.53 Å². The van der Waals surface area contributed by atoms with E-state index in [1.807, 2.05) is 0 Å². The van der Waals surface area contributed by atoms with E-state index < -0.39 is 0 Å². The fourth-order valence-electron chi connectivity index (χ4n) is 2.18. The summed E-state index contributed by atoms with van der Waals surface area (Å²) in [6.07, 6.45) is 3.83. The van der Waals surface area contributed by atoms with Crippen molar-refractivity contribution in [2.24, 2.45) is 5.92 Å². The van der Waals surface area contributed by atoms with E-state index in [2.05, 4.69) is 17.6 Å². The van der Waals surface area contributed by atoms with Crippen molar-refractivity contribution in [3.05, 3.63) is 0 Å². The van der Waals surface area contributed by atoms with Gasteiger partial charge in [0, 0.05) is 13.5 Å². The summed E-state index contributed by atoms with van der Waals surface area (Å²) in [5, 5.41) is 6.33. The number of hydrogen-bond donors (Lipinski definition) is 2. The average Bonchev–Trinajstić information content (AvgIpc) is 2.71. The summed E-state index contributed by atoms with van der Waals surface area (Å²) in [6.45, 7) is 4.77. The molecular weight excluding hydrogens is 204 g/mol. The number of nitrogens with one attached hydrogen (secondary N) is 2. The van der Waals surface area contributed by atoms with Crippen molar-refractivity contribution in [1.82, 2.24) is 10.6 Å². The minimum atomic E-state index is 0.171. The Morgan fingerprint density at radius 1 is 1.62 bits per heavy atom. The Balaban J connectivity index is 2.23. The molecule has 1 rings (SSSR count). The highest BCUT2D eigenvalue weighted by Gasteiger charge is 2.19. The van der Waals surface area contributed by atoms with E-state index in [0.717, 1.165) is 32.4 Å². The Morgan fingerprint density at radius 2 is 2.44 bits per heavy atom. The van der Waals surface area contributed by atoms with Crippen LogP contribution < -0.4 is 10.6 Å². The lowest BCUT2D eigenvalue weighted by Crippen LogP contribution is -2.38. The molecule has 0 saturated carbocycles. The minimum Gasteiger partial charge on any atom is -0.383 e. The maximum Gasteiger partial charge on any atom is 0.220 e. The lowest BCUT2D eigenvalue weighted by molar-refractivity contribution is -0.123. The van der Waals surface area contributed by atoms with E-state index in [4.69, 9.17) is 4.74 Å². The molecular formula is C12H24N2O2. The number of methoxy groups -OCH3 is 1. The van der Waals surface area contributed by atoms with Gasteiger partial charge in [-0.25, -0.2) is 0 Å². The van der Waals surface area contributed by atoms with Crippen LogP contribution >= 0.6 is 0 Å². The third kappa shape index (κ3) is 4.94. The highest BCUT2D eigenvalue weighted by Crippen LogP contribution is 2.12. The molecule has 4 nitrogen and oxygen atoms in total. The van der Waals surface area contributed by atoms with E-state index in [-0.39, 0.29) is 11.9 Å². The second kappa shape index (κ2) is 7.63. The monoisotopic (exact) mass is 228 g/mol. The van der Waals surface area contributed by atoms with Gasteiger partial charge in [-0.2, -0.15) is 0 Å². The molecule has 0 aromatic carbocycles. The minimum absolute atomic E-state index is 0.171. The van der Waals surface area contributed by atoms with Crippen LogP contribution in [0.2, 0.25) is 0 Å². The molecule has 0 bridgehead atoms. The Morgan fingerprint density at radius 3 is 3.00 bits per heavy atom. The van der Waals surface area contributed by atoms with E-state index in [9.17, 15) is 4.79 Å². The standard InChI is InChI=1S/C12H24N2O2/c1-3-4-11(9-16-2)14-12(15)7-10-5-6-13-8-10/h10-11,13H,3-9H2,1-2H3,(H,14,15). The molecule has 4 heteroatoms. The molecule has 1 fully saturated rings. The molecule has 1 saturated heterocycles. The highest BCUT2D eigenvalue weighted by atomic mass is 16.5. The molecule has 0 aliphatic carbocycles. The van der Waals surface area contributed by atoms with Crippen molar-refractivity contribution in [2.75, 3.05) is 26.8 Å². The highest BCUT2D eigenvalue weighted by molar-refractivity contribution is 5.76.